The summed E-state index contributed by atoms with van der Waals surface area (Å²) >= 11 is 0. The number of likely N-dealkylation sites (N-methyl/N-ethyl adjacent to an activating group) is 1. The fraction of sp³-hybridized carbons (Fsp3) is 0.394. The second-order valence-corrected chi connectivity index (χ2v) is 11.3. The van der Waals surface area contributed by atoms with Gasteiger partial charge in [0.15, 0.2) is 0 Å². The number of hydrogen-bond acceptors (Lipinski definition) is 8. The molecule has 0 atom stereocenters. The van der Waals surface area contributed by atoms with Gasteiger partial charge in [0.05, 0.1) is 24.2 Å². The van der Waals surface area contributed by atoms with E-state index in [4.69, 9.17) is 20.3 Å². The van der Waals surface area contributed by atoms with Gasteiger partial charge in [-0.3, -0.25) is 4.68 Å². The Hall–Kier alpha value is -4.35. The molecule has 1 aliphatic heterocycles. The number of para-hydroxylation sites is 1. The van der Waals surface area contributed by atoms with Crippen molar-refractivity contribution >= 4 is 11.7 Å². The van der Waals surface area contributed by atoms with Crippen LogP contribution in [-0.4, -0.2) is 85.3 Å². The standard InChI is InChI=1S/C26H35FN6O.C7H6O3/c1-18(2)33-17-21(16-29-33)26-19(3)15-28-25(30-26)14-20-5-6-24(23(27)13-20)32-9-7-22(8-10-32)31(4)11-12-34;8-6-4-2-1-3-5(6)7(9)10/h5-6,13,15-18,22,34H,7-12,14H2,1-4H3;1-4,8H,(H,9,10). The molecule has 234 valence electrons. The first-order chi connectivity index (χ1) is 21.1. The molecule has 11 heteroatoms. The van der Waals surface area contributed by atoms with Crippen molar-refractivity contribution in [2.75, 3.05) is 38.2 Å². The number of nitrogens with zero attached hydrogens (tertiary/aromatic N) is 6. The number of carboxylic acid groups (broad SMARTS) is 1. The molecule has 0 amide bonds. The number of aromatic nitrogens is 4. The predicted octanol–water partition coefficient (Wildman–Crippen LogP) is 4.94. The van der Waals surface area contributed by atoms with Crippen molar-refractivity contribution in [3.8, 4) is 17.0 Å². The third-order valence-corrected chi connectivity index (χ3v) is 7.82. The highest BCUT2D eigenvalue weighted by molar-refractivity contribution is 5.90. The van der Waals surface area contributed by atoms with Gasteiger partial charge in [-0.05, 0) is 76.1 Å². The van der Waals surface area contributed by atoms with Gasteiger partial charge in [0.2, 0.25) is 0 Å². The summed E-state index contributed by atoms with van der Waals surface area (Å²) in [4.78, 5) is 23.8. The number of hydrogen-bond donors (Lipinski definition) is 3. The number of phenols is 1. The van der Waals surface area contributed by atoms with Gasteiger partial charge in [0, 0.05) is 56.1 Å². The van der Waals surface area contributed by atoms with Crippen LogP contribution in [0, 0.1) is 12.7 Å². The predicted molar refractivity (Wildman–Crippen MR) is 168 cm³/mol. The van der Waals surface area contributed by atoms with Crippen LogP contribution in [0.1, 0.15) is 60.0 Å². The minimum atomic E-state index is -1.11. The number of carbonyl (C=O) groups is 1. The Morgan fingerprint density at radius 1 is 1.14 bits per heavy atom. The number of carboxylic acids is 1. The smallest absolute Gasteiger partial charge is 0.339 e. The van der Waals surface area contributed by atoms with E-state index in [1.54, 1.807) is 18.2 Å². The number of piperidine rings is 1. The lowest BCUT2D eigenvalue weighted by Gasteiger charge is -2.37. The zero-order valence-electron chi connectivity index (χ0n) is 25.7. The van der Waals surface area contributed by atoms with E-state index < -0.39 is 5.97 Å². The maximum Gasteiger partial charge on any atom is 0.339 e. The summed E-state index contributed by atoms with van der Waals surface area (Å²) in [5, 5.41) is 30.9. The van der Waals surface area contributed by atoms with Crippen molar-refractivity contribution < 1.29 is 24.5 Å². The average molecular weight is 605 g/mol. The lowest BCUT2D eigenvalue weighted by Crippen LogP contribution is -2.44. The number of anilines is 1. The Balaban J connectivity index is 0.000000375. The molecule has 4 aromatic rings. The Morgan fingerprint density at radius 2 is 1.86 bits per heavy atom. The summed E-state index contributed by atoms with van der Waals surface area (Å²) in [6.07, 6.45) is 8.06. The quantitative estimate of drug-likeness (QED) is 0.243. The van der Waals surface area contributed by atoms with E-state index in [1.807, 2.05) is 49.4 Å². The number of aromatic hydroxyl groups is 1. The first kappa shape index (κ1) is 32.6. The number of aromatic carboxylic acids is 1. The number of aliphatic hydroxyl groups is 1. The molecule has 0 spiro atoms. The van der Waals surface area contributed by atoms with E-state index in [0.29, 0.717) is 30.5 Å². The minimum Gasteiger partial charge on any atom is -0.507 e. The Labute approximate surface area is 257 Å². The summed E-state index contributed by atoms with van der Waals surface area (Å²) in [6, 6.07) is 12.0. The summed E-state index contributed by atoms with van der Waals surface area (Å²) in [5.41, 5.74) is 4.25. The molecule has 5 rings (SSSR count). The lowest BCUT2D eigenvalue weighted by molar-refractivity contribution is 0.0693. The molecular formula is C33H41FN6O4. The second kappa shape index (κ2) is 14.9. The molecule has 0 unspecified atom stereocenters. The molecule has 0 bridgehead atoms. The van der Waals surface area contributed by atoms with Crippen LogP contribution < -0.4 is 4.90 Å². The van der Waals surface area contributed by atoms with Gasteiger partial charge in [-0.15, -0.1) is 0 Å². The van der Waals surface area contributed by atoms with E-state index in [9.17, 15) is 4.79 Å². The summed E-state index contributed by atoms with van der Waals surface area (Å²) in [6.45, 7) is 8.63. The maximum atomic E-state index is 15.1. The summed E-state index contributed by atoms with van der Waals surface area (Å²) < 4.78 is 17.0. The van der Waals surface area contributed by atoms with Gasteiger partial charge in [0.1, 0.15) is 23.0 Å². The van der Waals surface area contributed by atoms with Crippen LogP contribution in [0.3, 0.4) is 0 Å². The lowest BCUT2D eigenvalue weighted by atomic mass is 10.0. The van der Waals surface area contributed by atoms with Gasteiger partial charge in [0.25, 0.3) is 0 Å². The normalized spacial score (nSPS) is 13.7. The van der Waals surface area contributed by atoms with E-state index in [-0.39, 0.29) is 29.8 Å². The van der Waals surface area contributed by atoms with E-state index in [0.717, 1.165) is 48.3 Å². The molecule has 10 nitrogen and oxygen atoms in total. The van der Waals surface area contributed by atoms with Crippen LogP contribution in [-0.2, 0) is 6.42 Å². The number of halogens is 1. The summed E-state index contributed by atoms with van der Waals surface area (Å²) in [5.74, 6) is -0.851. The highest BCUT2D eigenvalue weighted by atomic mass is 19.1. The van der Waals surface area contributed by atoms with Gasteiger partial charge >= 0.3 is 5.97 Å². The molecule has 0 radical (unpaired) electrons. The molecule has 2 aromatic heterocycles. The zero-order chi connectivity index (χ0) is 31.8. The van der Waals surface area contributed by atoms with Crippen molar-refractivity contribution in [3.63, 3.8) is 0 Å². The highest BCUT2D eigenvalue weighted by Gasteiger charge is 2.24. The number of aryl methyl sites for hydroxylation is 1. The highest BCUT2D eigenvalue weighted by Crippen LogP contribution is 2.27. The molecule has 3 N–H and O–H groups in total. The molecule has 1 saturated heterocycles. The third-order valence-electron chi connectivity index (χ3n) is 7.82. The van der Waals surface area contributed by atoms with Crippen molar-refractivity contribution in [2.24, 2.45) is 0 Å². The van der Waals surface area contributed by atoms with Crippen molar-refractivity contribution in [1.82, 2.24) is 24.6 Å². The maximum absolute atomic E-state index is 15.1. The molecule has 0 aliphatic carbocycles. The number of aliphatic hydroxyl groups excluding tert-OH is 1. The Morgan fingerprint density at radius 3 is 2.45 bits per heavy atom. The van der Waals surface area contributed by atoms with Gasteiger partial charge < -0.3 is 25.1 Å². The Bertz CT molecular complexity index is 1550. The molecule has 2 aromatic carbocycles. The van der Waals surface area contributed by atoms with Crippen LogP contribution >= 0.6 is 0 Å². The fourth-order valence-corrected chi connectivity index (χ4v) is 5.24. The third kappa shape index (κ3) is 8.18. The van der Waals surface area contributed by atoms with Crippen LogP contribution in [0.4, 0.5) is 10.1 Å². The van der Waals surface area contributed by atoms with Gasteiger partial charge in [-0.2, -0.15) is 5.10 Å². The summed E-state index contributed by atoms with van der Waals surface area (Å²) in [7, 11) is 2.04. The Kier molecular flexibility index (Phi) is 11.0. The zero-order valence-corrected chi connectivity index (χ0v) is 25.7. The molecule has 1 aliphatic rings. The van der Waals surface area contributed by atoms with E-state index >= 15 is 4.39 Å². The van der Waals surface area contributed by atoms with Gasteiger partial charge in [-0.1, -0.05) is 18.2 Å². The van der Waals surface area contributed by atoms with E-state index in [2.05, 4.69) is 33.7 Å². The van der Waals surface area contributed by atoms with E-state index in [1.165, 1.54) is 12.1 Å². The monoisotopic (exact) mass is 604 g/mol. The number of benzene rings is 2. The number of rotatable bonds is 9. The molecule has 3 heterocycles. The SMILES string of the molecule is Cc1cnc(Cc2ccc(N3CCC(N(C)CCO)CC3)c(F)c2)nc1-c1cnn(C(C)C)c1.O=C(O)c1ccccc1O. The van der Waals surface area contributed by atoms with Crippen molar-refractivity contribution in [2.45, 2.75) is 52.1 Å². The van der Waals surface area contributed by atoms with Gasteiger partial charge in [-0.25, -0.2) is 19.2 Å². The van der Waals surface area contributed by atoms with Crippen LogP contribution in [0.2, 0.25) is 0 Å². The second-order valence-electron chi connectivity index (χ2n) is 11.3. The van der Waals surface area contributed by atoms with Crippen molar-refractivity contribution in [3.05, 3.63) is 89.4 Å². The topological polar surface area (TPSA) is 128 Å². The molecule has 0 saturated carbocycles. The fourth-order valence-electron chi connectivity index (χ4n) is 5.24. The van der Waals surface area contributed by atoms with Crippen molar-refractivity contribution in [1.29, 1.82) is 0 Å². The van der Waals surface area contributed by atoms with Crippen LogP contribution in [0.25, 0.3) is 11.3 Å². The van der Waals surface area contributed by atoms with Crippen LogP contribution in [0.15, 0.2) is 61.1 Å². The first-order valence-corrected chi connectivity index (χ1v) is 14.8. The minimum absolute atomic E-state index is 0.0671. The molecular weight excluding hydrogens is 563 g/mol. The molecule has 44 heavy (non-hydrogen) atoms. The van der Waals surface area contributed by atoms with Crippen LogP contribution in [0.5, 0.6) is 5.75 Å². The molecule has 1 fully saturated rings. The first-order valence-electron chi connectivity index (χ1n) is 14.8. The average Bonchev–Trinajstić information content (AvgIpc) is 3.50. The largest absolute Gasteiger partial charge is 0.507 e.